The van der Waals surface area contributed by atoms with Gasteiger partial charge in [-0.3, -0.25) is 9.59 Å². The van der Waals surface area contributed by atoms with Gasteiger partial charge in [0.05, 0.1) is 14.2 Å². The normalized spacial score (nSPS) is 14.1. The number of carbonyl (C=O) groups is 2. The van der Waals surface area contributed by atoms with Gasteiger partial charge in [0.15, 0.2) is 5.78 Å². The molecule has 1 aromatic carbocycles. The Kier molecular flexibility index (Phi) is 5.54. The second-order valence-corrected chi connectivity index (χ2v) is 7.70. The fraction of sp³-hybridized carbons (Fsp3) is 0.348. The second kappa shape index (κ2) is 8.29. The van der Waals surface area contributed by atoms with Crippen molar-refractivity contribution < 1.29 is 19.1 Å². The number of benzene rings is 1. The molecule has 1 amide bonds. The first-order valence-electron chi connectivity index (χ1n) is 10.2. The molecule has 8 nitrogen and oxygen atoms in total. The van der Waals surface area contributed by atoms with Gasteiger partial charge >= 0.3 is 0 Å². The van der Waals surface area contributed by atoms with Crippen LogP contribution in [0.2, 0.25) is 0 Å². The molecule has 4 rings (SSSR count). The van der Waals surface area contributed by atoms with Crippen molar-refractivity contribution in [3.63, 3.8) is 0 Å². The Morgan fingerprint density at radius 1 is 1.19 bits per heavy atom. The van der Waals surface area contributed by atoms with Gasteiger partial charge in [0.2, 0.25) is 0 Å². The van der Waals surface area contributed by atoms with Gasteiger partial charge in [0.25, 0.3) is 5.91 Å². The molecule has 0 saturated heterocycles. The minimum absolute atomic E-state index is 0.0900. The molecule has 0 spiro atoms. The van der Waals surface area contributed by atoms with Crippen LogP contribution in [0.3, 0.4) is 0 Å². The number of Topliss-reactive ketones (excluding diaryl/α,β-unsaturated/α-hetero) is 1. The highest BCUT2D eigenvalue weighted by molar-refractivity contribution is 6.04. The van der Waals surface area contributed by atoms with Gasteiger partial charge in [-0.2, -0.15) is 0 Å². The summed E-state index contributed by atoms with van der Waals surface area (Å²) in [6, 6.07) is 4.92. The van der Waals surface area contributed by atoms with Crippen molar-refractivity contribution in [1.29, 1.82) is 0 Å². The van der Waals surface area contributed by atoms with Crippen LogP contribution in [0.1, 0.15) is 62.4 Å². The average molecular weight is 422 g/mol. The number of nitrogens with zero attached hydrogens (tertiary/aromatic N) is 2. The van der Waals surface area contributed by atoms with Crippen LogP contribution in [0.4, 0.5) is 0 Å². The van der Waals surface area contributed by atoms with Gasteiger partial charge in [-0.25, -0.2) is 4.98 Å². The zero-order valence-electron chi connectivity index (χ0n) is 18.1. The smallest absolute Gasteiger partial charge is 0.268 e. The first-order valence-corrected chi connectivity index (χ1v) is 10.2. The fourth-order valence-corrected chi connectivity index (χ4v) is 4.15. The van der Waals surface area contributed by atoms with Crippen molar-refractivity contribution in [2.75, 3.05) is 14.2 Å². The van der Waals surface area contributed by atoms with Crippen LogP contribution in [-0.2, 0) is 13.5 Å². The van der Waals surface area contributed by atoms with Crippen LogP contribution in [0.25, 0.3) is 0 Å². The molecule has 0 radical (unpaired) electrons. The van der Waals surface area contributed by atoms with E-state index in [1.54, 1.807) is 26.5 Å². The number of carbonyl (C=O) groups excluding carboxylic acids is 2. The van der Waals surface area contributed by atoms with Crippen LogP contribution in [0.5, 0.6) is 11.5 Å². The lowest BCUT2D eigenvalue weighted by molar-refractivity contribution is 0.0935. The van der Waals surface area contributed by atoms with Crippen LogP contribution in [0, 0.1) is 6.92 Å². The molecule has 3 aromatic rings. The zero-order chi connectivity index (χ0) is 22.1. The highest BCUT2D eigenvalue weighted by atomic mass is 16.5. The molecule has 0 bridgehead atoms. The predicted octanol–water partition coefficient (Wildman–Crippen LogP) is 3.11. The zero-order valence-corrected chi connectivity index (χ0v) is 18.1. The number of amides is 1. The Labute approximate surface area is 180 Å². The number of ketones is 1. The molecule has 162 valence electrons. The topological polar surface area (TPSA) is 98.2 Å². The first kappa shape index (κ1) is 20.7. The van der Waals surface area contributed by atoms with Gasteiger partial charge in [-0.1, -0.05) is 0 Å². The van der Waals surface area contributed by atoms with Crippen molar-refractivity contribution in [2.45, 2.75) is 32.2 Å². The van der Waals surface area contributed by atoms with Crippen molar-refractivity contribution in [3.05, 3.63) is 64.5 Å². The summed E-state index contributed by atoms with van der Waals surface area (Å²) < 4.78 is 12.7. The quantitative estimate of drug-likeness (QED) is 0.636. The third kappa shape index (κ3) is 3.81. The van der Waals surface area contributed by atoms with Crippen LogP contribution >= 0.6 is 0 Å². The molecule has 1 aliphatic rings. The van der Waals surface area contributed by atoms with Crippen molar-refractivity contribution in [3.8, 4) is 11.5 Å². The van der Waals surface area contributed by atoms with E-state index in [1.165, 1.54) is 0 Å². The van der Waals surface area contributed by atoms with Gasteiger partial charge in [-0.15, -0.1) is 0 Å². The fourth-order valence-electron chi connectivity index (χ4n) is 4.15. The van der Waals surface area contributed by atoms with Gasteiger partial charge in [-0.05, 0) is 43.0 Å². The summed E-state index contributed by atoms with van der Waals surface area (Å²) in [5, 5.41) is 3.08. The van der Waals surface area contributed by atoms with E-state index in [2.05, 4.69) is 15.3 Å². The Bertz CT molecular complexity index is 1120. The minimum atomic E-state index is -0.549. The molecular weight excluding hydrogens is 396 g/mol. The second-order valence-electron chi connectivity index (χ2n) is 7.70. The molecule has 1 atom stereocenters. The summed E-state index contributed by atoms with van der Waals surface area (Å²) in [6.07, 6.45) is 5.59. The lowest BCUT2D eigenvalue weighted by Crippen LogP contribution is -2.31. The van der Waals surface area contributed by atoms with Crippen LogP contribution < -0.4 is 14.8 Å². The van der Waals surface area contributed by atoms with E-state index < -0.39 is 6.04 Å². The molecule has 1 aliphatic carbocycles. The highest BCUT2D eigenvalue weighted by Gasteiger charge is 2.29. The predicted molar refractivity (Wildman–Crippen MR) is 115 cm³/mol. The summed E-state index contributed by atoms with van der Waals surface area (Å²) in [5.41, 5.74) is 3.38. The van der Waals surface area contributed by atoms with E-state index in [0.29, 0.717) is 40.6 Å². The third-order valence-electron chi connectivity index (χ3n) is 5.76. The monoisotopic (exact) mass is 422 g/mol. The van der Waals surface area contributed by atoms with Gasteiger partial charge in [0, 0.05) is 43.2 Å². The Balaban J connectivity index is 1.74. The SMILES string of the molecule is COc1cc(OC)cc(C(NC(=O)c2[nH]c3c(c2C)C(=O)CCC3)c2nccn2C)c1. The molecule has 2 aromatic heterocycles. The van der Waals surface area contributed by atoms with E-state index in [9.17, 15) is 9.59 Å². The Morgan fingerprint density at radius 2 is 1.90 bits per heavy atom. The molecule has 0 saturated carbocycles. The van der Waals surface area contributed by atoms with Crippen LogP contribution in [-0.4, -0.2) is 40.4 Å². The van der Waals surface area contributed by atoms with Crippen molar-refractivity contribution in [2.24, 2.45) is 7.05 Å². The standard InChI is InChI=1S/C23H26N4O4/c1-13-19-17(6-5-7-18(19)28)25-20(13)23(29)26-21(22-24-8-9-27(22)2)14-10-15(30-3)12-16(11-14)31-4/h8-12,21,25H,5-7H2,1-4H3,(H,26,29). The maximum absolute atomic E-state index is 13.3. The molecule has 1 unspecified atom stereocenters. The molecular formula is C23H26N4O4. The third-order valence-corrected chi connectivity index (χ3v) is 5.76. The summed E-state index contributed by atoms with van der Waals surface area (Å²) in [6.45, 7) is 1.82. The molecule has 0 aliphatic heterocycles. The van der Waals surface area contributed by atoms with E-state index in [0.717, 1.165) is 24.1 Å². The Hall–Kier alpha value is -3.55. The maximum atomic E-state index is 13.3. The number of rotatable bonds is 6. The number of nitrogens with one attached hydrogen (secondary N) is 2. The highest BCUT2D eigenvalue weighted by Crippen LogP contribution is 2.31. The van der Waals surface area contributed by atoms with E-state index in [4.69, 9.17) is 9.47 Å². The number of aromatic amines is 1. The number of hydrogen-bond donors (Lipinski definition) is 2. The van der Waals surface area contributed by atoms with Gasteiger partial charge in [0.1, 0.15) is 29.1 Å². The number of imidazole rings is 1. The molecule has 2 heterocycles. The van der Waals surface area contributed by atoms with E-state index in [1.807, 2.05) is 36.9 Å². The number of fused-ring (bicyclic) bond motifs is 1. The molecule has 0 fully saturated rings. The number of methoxy groups -OCH3 is 2. The van der Waals surface area contributed by atoms with E-state index in [-0.39, 0.29) is 11.7 Å². The van der Waals surface area contributed by atoms with Crippen LogP contribution in [0.15, 0.2) is 30.6 Å². The summed E-state index contributed by atoms with van der Waals surface area (Å²) in [5.74, 6) is 1.68. The molecule has 2 N–H and O–H groups in total. The molecule has 31 heavy (non-hydrogen) atoms. The lowest BCUT2D eigenvalue weighted by Gasteiger charge is -2.20. The maximum Gasteiger partial charge on any atom is 0.268 e. The number of aryl methyl sites for hydroxylation is 2. The average Bonchev–Trinajstić information content (AvgIpc) is 3.35. The summed E-state index contributed by atoms with van der Waals surface area (Å²) in [7, 11) is 5.03. The van der Waals surface area contributed by atoms with E-state index >= 15 is 0 Å². The molecule has 8 heteroatoms. The van der Waals surface area contributed by atoms with Crippen molar-refractivity contribution >= 4 is 11.7 Å². The summed E-state index contributed by atoms with van der Waals surface area (Å²) >= 11 is 0. The number of ether oxygens (including phenoxy) is 2. The number of aromatic nitrogens is 3. The lowest BCUT2D eigenvalue weighted by atomic mass is 9.93. The Morgan fingerprint density at radius 3 is 2.48 bits per heavy atom. The number of hydrogen-bond acceptors (Lipinski definition) is 5. The van der Waals surface area contributed by atoms with Gasteiger partial charge < -0.3 is 24.3 Å². The summed E-state index contributed by atoms with van der Waals surface area (Å²) in [4.78, 5) is 33.3. The largest absolute Gasteiger partial charge is 0.497 e. The number of H-pyrrole nitrogens is 1. The first-order chi connectivity index (χ1) is 14.9. The van der Waals surface area contributed by atoms with Crippen molar-refractivity contribution in [1.82, 2.24) is 19.9 Å². The minimum Gasteiger partial charge on any atom is -0.497 e.